The lowest BCUT2D eigenvalue weighted by Crippen LogP contribution is -2.13. The van der Waals surface area contributed by atoms with Crippen molar-refractivity contribution in [2.45, 2.75) is 4.90 Å². The number of amides is 1. The second kappa shape index (κ2) is 3.44. The molecule has 0 unspecified atom stereocenters. The summed E-state index contributed by atoms with van der Waals surface area (Å²) < 4.78 is 0. The molecule has 1 aromatic carbocycles. The Kier molecular flexibility index (Phi) is 2.54. The molecule has 0 heterocycles. The molecular formula is C8H9NOS. The summed E-state index contributed by atoms with van der Waals surface area (Å²) in [5, 5.41) is 0. The molecule has 0 spiro atoms. The van der Waals surface area contributed by atoms with Crippen molar-refractivity contribution in [1.29, 1.82) is 0 Å². The molecule has 0 fully saturated rings. The maximum Gasteiger partial charge on any atom is 0.213 e. The number of para-hydroxylation sites is 1. The molecule has 0 saturated carbocycles. The van der Waals surface area contributed by atoms with Gasteiger partial charge in [0.15, 0.2) is 0 Å². The van der Waals surface area contributed by atoms with Gasteiger partial charge in [-0.3, -0.25) is 4.79 Å². The summed E-state index contributed by atoms with van der Waals surface area (Å²) in [6.45, 7) is 0. The van der Waals surface area contributed by atoms with Gasteiger partial charge in [-0.2, -0.15) is 0 Å². The van der Waals surface area contributed by atoms with Crippen LogP contribution in [0.15, 0.2) is 29.2 Å². The van der Waals surface area contributed by atoms with Crippen LogP contribution in [0.5, 0.6) is 0 Å². The quantitative estimate of drug-likeness (QED) is 0.523. The van der Waals surface area contributed by atoms with Gasteiger partial charge in [0.05, 0.1) is 5.69 Å². The maximum absolute atomic E-state index is 10.3. The first-order chi connectivity index (χ1) is 5.25. The number of hydrogen-bond donors (Lipinski definition) is 1. The Balaban J connectivity index is 3.02. The number of hydrogen-bond acceptors (Lipinski definition) is 2. The standard InChI is InChI=1S/C8H9NOS/c1-9(6-10)7-4-2-3-5-8(7)11/h2-6,11H,1H3. The SMILES string of the molecule is CN(C=O)c1ccccc1S. The van der Waals surface area contributed by atoms with Crippen LogP contribution in [0.4, 0.5) is 5.69 Å². The molecule has 0 aliphatic heterocycles. The smallest absolute Gasteiger partial charge is 0.213 e. The molecule has 58 valence electrons. The molecule has 1 rings (SSSR count). The highest BCUT2D eigenvalue weighted by molar-refractivity contribution is 7.80. The van der Waals surface area contributed by atoms with Crippen molar-refractivity contribution in [3.63, 3.8) is 0 Å². The first-order valence-corrected chi connectivity index (χ1v) is 3.66. The first-order valence-electron chi connectivity index (χ1n) is 3.22. The highest BCUT2D eigenvalue weighted by Crippen LogP contribution is 2.20. The van der Waals surface area contributed by atoms with E-state index in [9.17, 15) is 4.79 Å². The van der Waals surface area contributed by atoms with Crippen LogP contribution in [0.25, 0.3) is 0 Å². The van der Waals surface area contributed by atoms with E-state index in [4.69, 9.17) is 0 Å². The van der Waals surface area contributed by atoms with Crippen molar-refractivity contribution < 1.29 is 4.79 Å². The molecule has 0 aliphatic rings. The maximum atomic E-state index is 10.3. The number of carbonyl (C=O) groups is 1. The molecular weight excluding hydrogens is 158 g/mol. The number of thiol groups is 1. The molecule has 0 radical (unpaired) electrons. The fourth-order valence-corrected chi connectivity index (χ4v) is 1.14. The number of rotatable bonds is 2. The summed E-state index contributed by atoms with van der Waals surface area (Å²) in [6, 6.07) is 7.44. The van der Waals surface area contributed by atoms with Crippen molar-refractivity contribution in [2.75, 3.05) is 11.9 Å². The zero-order valence-electron chi connectivity index (χ0n) is 6.19. The fourth-order valence-electron chi connectivity index (χ4n) is 0.819. The van der Waals surface area contributed by atoms with Gasteiger partial charge in [0.25, 0.3) is 0 Å². The van der Waals surface area contributed by atoms with E-state index in [0.29, 0.717) is 0 Å². The summed E-state index contributed by atoms with van der Waals surface area (Å²) in [5.74, 6) is 0. The number of nitrogens with zero attached hydrogens (tertiary/aromatic N) is 1. The van der Waals surface area contributed by atoms with Crippen LogP contribution in [0, 0.1) is 0 Å². The normalized spacial score (nSPS) is 9.27. The Morgan fingerprint density at radius 2 is 2.09 bits per heavy atom. The van der Waals surface area contributed by atoms with Crippen molar-refractivity contribution in [3.05, 3.63) is 24.3 Å². The largest absolute Gasteiger partial charge is 0.317 e. The van der Waals surface area contributed by atoms with Gasteiger partial charge in [0.2, 0.25) is 6.41 Å². The summed E-state index contributed by atoms with van der Waals surface area (Å²) in [5.41, 5.74) is 0.825. The van der Waals surface area contributed by atoms with Crippen LogP contribution in [-0.4, -0.2) is 13.5 Å². The molecule has 2 nitrogen and oxygen atoms in total. The average Bonchev–Trinajstić information content (AvgIpc) is 2.04. The van der Waals surface area contributed by atoms with Gasteiger partial charge in [-0.25, -0.2) is 0 Å². The minimum Gasteiger partial charge on any atom is -0.317 e. The van der Waals surface area contributed by atoms with Crippen molar-refractivity contribution >= 4 is 24.7 Å². The summed E-state index contributed by atoms with van der Waals surface area (Å²) in [6.07, 6.45) is 0.759. The number of carbonyl (C=O) groups excluding carboxylic acids is 1. The Labute approximate surface area is 71.2 Å². The van der Waals surface area contributed by atoms with Crippen molar-refractivity contribution in [2.24, 2.45) is 0 Å². The Morgan fingerprint density at radius 1 is 1.45 bits per heavy atom. The van der Waals surface area contributed by atoms with E-state index in [1.54, 1.807) is 7.05 Å². The topological polar surface area (TPSA) is 20.3 Å². The summed E-state index contributed by atoms with van der Waals surface area (Å²) in [4.78, 5) is 12.6. The van der Waals surface area contributed by atoms with Crippen LogP contribution in [0.3, 0.4) is 0 Å². The molecule has 0 saturated heterocycles. The van der Waals surface area contributed by atoms with Crippen LogP contribution in [0.1, 0.15) is 0 Å². The van der Waals surface area contributed by atoms with E-state index in [2.05, 4.69) is 12.6 Å². The molecule has 1 aromatic rings. The summed E-state index contributed by atoms with van der Waals surface area (Å²) in [7, 11) is 1.70. The van der Waals surface area contributed by atoms with Crippen LogP contribution >= 0.6 is 12.6 Å². The molecule has 0 atom stereocenters. The number of benzene rings is 1. The second-order valence-electron chi connectivity index (χ2n) is 2.21. The molecule has 11 heavy (non-hydrogen) atoms. The van der Waals surface area contributed by atoms with Crippen molar-refractivity contribution in [3.8, 4) is 0 Å². The monoisotopic (exact) mass is 167 g/mol. The molecule has 3 heteroatoms. The number of anilines is 1. The molecule has 0 aromatic heterocycles. The Bertz CT molecular complexity index is 262. The lowest BCUT2D eigenvalue weighted by atomic mass is 10.3. The van der Waals surface area contributed by atoms with Crippen molar-refractivity contribution in [1.82, 2.24) is 0 Å². The van der Waals surface area contributed by atoms with E-state index in [-0.39, 0.29) is 0 Å². The third-order valence-electron chi connectivity index (χ3n) is 1.42. The molecule has 0 aliphatic carbocycles. The zero-order chi connectivity index (χ0) is 8.27. The highest BCUT2D eigenvalue weighted by atomic mass is 32.1. The average molecular weight is 167 g/mol. The lowest BCUT2D eigenvalue weighted by Gasteiger charge is -2.11. The van der Waals surface area contributed by atoms with E-state index in [1.807, 2.05) is 24.3 Å². The second-order valence-corrected chi connectivity index (χ2v) is 2.69. The predicted octanol–water partition coefficient (Wildman–Crippen LogP) is 1.57. The first kappa shape index (κ1) is 8.14. The zero-order valence-corrected chi connectivity index (χ0v) is 7.08. The highest BCUT2D eigenvalue weighted by Gasteiger charge is 2.00. The van der Waals surface area contributed by atoms with Gasteiger partial charge >= 0.3 is 0 Å². The minimum atomic E-state index is 0.759. The van der Waals surface area contributed by atoms with Gasteiger partial charge in [-0.05, 0) is 12.1 Å². The minimum absolute atomic E-state index is 0.759. The van der Waals surface area contributed by atoms with E-state index in [0.717, 1.165) is 17.0 Å². The van der Waals surface area contributed by atoms with Crippen LogP contribution in [-0.2, 0) is 4.79 Å². The van der Waals surface area contributed by atoms with Gasteiger partial charge in [0, 0.05) is 11.9 Å². The van der Waals surface area contributed by atoms with E-state index in [1.165, 1.54) is 4.90 Å². The summed E-state index contributed by atoms with van der Waals surface area (Å²) >= 11 is 4.19. The molecule has 0 N–H and O–H groups in total. The van der Waals surface area contributed by atoms with Gasteiger partial charge < -0.3 is 4.90 Å². The third kappa shape index (κ3) is 1.74. The third-order valence-corrected chi connectivity index (χ3v) is 1.80. The van der Waals surface area contributed by atoms with Gasteiger partial charge in [-0.15, -0.1) is 12.6 Å². The van der Waals surface area contributed by atoms with Gasteiger partial charge in [0.1, 0.15) is 0 Å². The Morgan fingerprint density at radius 3 is 2.64 bits per heavy atom. The molecule has 1 amide bonds. The molecule has 0 bridgehead atoms. The van der Waals surface area contributed by atoms with Crippen LogP contribution in [0.2, 0.25) is 0 Å². The predicted molar refractivity (Wildman–Crippen MR) is 48.2 cm³/mol. The Hall–Kier alpha value is -0.960. The van der Waals surface area contributed by atoms with E-state index < -0.39 is 0 Å². The van der Waals surface area contributed by atoms with Crippen LogP contribution < -0.4 is 4.90 Å². The fraction of sp³-hybridized carbons (Fsp3) is 0.125. The van der Waals surface area contributed by atoms with Gasteiger partial charge in [-0.1, -0.05) is 12.1 Å². The lowest BCUT2D eigenvalue weighted by molar-refractivity contribution is -0.107. The van der Waals surface area contributed by atoms with E-state index >= 15 is 0 Å².